The number of rotatable bonds is 8. The van der Waals surface area contributed by atoms with Crippen LogP contribution in [0.1, 0.15) is 73.2 Å². The van der Waals surface area contributed by atoms with Crippen molar-refractivity contribution in [2.24, 2.45) is 0 Å². The normalized spacial score (nSPS) is 12.2. The molecule has 19 rings (SSSR count). The van der Waals surface area contributed by atoms with E-state index in [0.717, 1.165) is 91.6 Å². The van der Waals surface area contributed by atoms with E-state index in [1.165, 1.54) is 76.8 Å². The van der Waals surface area contributed by atoms with Crippen LogP contribution in [0.15, 0.2) is 279 Å². The van der Waals surface area contributed by atoms with Crippen LogP contribution in [0.4, 0.5) is 0 Å². The van der Waals surface area contributed by atoms with Crippen molar-refractivity contribution in [1.82, 2.24) is 59.1 Å². The van der Waals surface area contributed by atoms with Gasteiger partial charge in [-0.2, -0.15) is 20.4 Å². The second kappa shape index (κ2) is 31.9. The fraction of sp³-hybridized carbons (Fsp3) is 0.111. The maximum Gasteiger partial charge on any atom is 0.125 e. The average molecular weight is 2090 g/mol. The number of hydrogen-bond donors (Lipinski definition) is 0. The van der Waals surface area contributed by atoms with Crippen molar-refractivity contribution in [2.75, 3.05) is 0 Å². The number of nitrogens with zero attached hydrogens (tertiary/aromatic N) is 12. The van der Waals surface area contributed by atoms with Gasteiger partial charge < -0.3 is 18.3 Å². The Kier molecular flexibility index (Phi) is 22.7. The van der Waals surface area contributed by atoms with Gasteiger partial charge in [0.25, 0.3) is 0 Å². The van der Waals surface area contributed by atoms with E-state index in [1.807, 2.05) is 119 Å². The molecule has 4 heterocycles. The van der Waals surface area contributed by atoms with Gasteiger partial charge in [0.15, 0.2) is 0 Å². The van der Waals surface area contributed by atoms with Crippen LogP contribution in [0.25, 0.3) is 123 Å². The fourth-order valence-corrected chi connectivity index (χ4v) is 14.5. The Morgan fingerprint density at radius 2 is 0.594 bits per heavy atom. The van der Waals surface area contributed by atoms with E-state index in [4.69, 9.17) is 0 Å². The molecule has 0 fully saturated rings. The molecule has 13 aromatic carbocycles. The molecule has 0 bridgehead atoms. The molecule has 530 valence electrons. The molecule has 16 heteroatoms. The Hall–Kier alpha value is -10.2. The summed E-state index contributed by atoms with van der Waals surface area (Å²) in [6.45, 7) is 17.0. The summed E-state index contributed by atoms with van der Waals surface area (Å²) in [5.41, 5.74) is 18.5. The second-order valence-electron chi connectivity index (χ2n) is 26.8. The molecule has 0 spiro atoms. The largest absolute Gasteiger partial charge is 0.320 e. The van der Waals surface area contributed by atoms with E-state index in [1.54, 1.807) is 0 Å². The quantitative estimate of drug-likeness (QED) is 0.138. The molecule has 17 aromatic rings. The third-order valence-corrected chi connectivity index (χ3v) is 19.7. The zero-order valence-corrected chi connectivity index (χ0v) is 68.8. The van der Waals surface area contributed by atoms with E-state index in [0.29, 0.717) is 0 Å². The molecular weight excluding hydrogens is 2020 g/mol. The van der Waals surface area contributed by atoms with Crippen LogP contribution in [0.2, 0.25) is 0 Å². The van der Waals surface area contributed by atoms with Gasteiger partial charge in [0.2, 0.25) is 0 Å². The SMILES string of the molecule is Cc1nnc(-c2[c-]cc3c(c2)-c2ccccc2C3(C)C)n1-c1ccccc1.Cc1nnc(-c2[c-]cc3c(c2)C(C)(C)c2ccccc2-3)n1-c1ccccc1.Cc1nnc(-c2[c-]cc3ccccc3c2)n1-c1cccc2ccccc12.Cc1nnc(-c2[c-]cc3ccccc3c2)n1-c1ccccc1.[Ir].[Ir].[Ir].[Ir]. The maximum atomic E-state index is 4.47. The van der Waals surface area contributed by atoms with E-state index >= 15 is 0 Å². The van der Waals surface area contributed by atoms with E-state index < -0.39 is 0 Å². The van der Waals surface area contributed by atoms with Crippen molar-refractivity contribution >= 4 is 32.3 Å². The summed E-state index contributed by atoms with van der Waals surface area (Å²) in [7, 11) is 0. The van der Waals surface area contributed by atoms with Crippen LogP contribution < -0.4 is 0 Å². The minimum Gasteiger partial charge on any atom is -0.320 e. The van der Waals surface area contributed by atoms with Gasteiger partial charge in [-0.25, -0.2) is 0 Å². The fourth-order valence-electron chi connectivity index (χ4n) is 14.5. The summed E-state index contributed by atoms with van der Waals surface area (Å²) in [6, 6.07) is 110. The summed E-state index contributed by atoms with van der Waals surface area (Å²) in [6.07, 6.45) is 0. The first kappa shape index (κ1) is 75.5. The minimum atomic E-state index is -0.0393. The maximum absolute atomic E-state index is 4.47. The molecule has 0 N–H and O–H groups in total. The molecule has 0 amide bonds. The Bertz CT molecular complexity index is 5980. The van der Waals surface area contributed by atoms with Gasteiger partial charge in [-0.1, -0.05) is 243 Å². The first-order valence-corrected chi connectivity index (χ1v) is 34.3. The summed E-state index contributed by atoms with van der Waals surface area (Å²) < 4.78 is 8.35. The molecule has 0 saturated heterocycles. The molecule has 4 radical (unpaired) electrons. The monoisotopic (exact) mass is 2090 g/mol. The number of benzene rings is 13. The molecule has 0 saturated carbocycles. The topological polar surface area (TPSA) is 123 Å². The summed E-state index contributed by atoms with van der Waals surface area (Å²) in [4.78, 5) is 0. The van der Waals surface area contributed by atoms with E-state index in [-0.39, 0.29) is 91.3 Å². The average Bonchev–Trinajstić information content (AvgIpc) is 1.58. The Balaban J connectivity index is 0.000000131. The number of hydrogen-bond acceptors (Lipinski definition) is 8. The van der Waals surface area contributed by atoms with Crippen molar-refractivity contribution < 1.29 is 80.4 Å². The van der Waals surface area contributed by atoms with Crippen molar-refractivity contribution in [3.63, 3.8) is 0 Å². The summed E-state index contributed by atoms with van der Waals surface area (Å²) >= 11 is 0. The number of fused-ring (bicyclic) bond motifs is 9. The first-order chi connectivity index (χ1) is 49.8. The van der Waals surface area contributed by atoms with Crippen LogP contribution in [-0.2, 0) is 91.3 Å². The predicted octanol–water partition coefficient (Wildman–Crippen LogP) is 20.2. The van der Waals surface area contributed by atoms with Crippen LogP contribution in [0.3, 0.4) is 0 Å². The summed E-state index contributed by atoms with van der Waals surface area (Å²) in [5.74, 6) is 6.73. The van der Waals surface area contributed by atoms with Crippen LogP contribution in [0, 0.1) is 52.0 Å². The number of para-hydroxylation sites is 3. The Morgan fingerprint density at radius 1 is 0.255 bits per heavy atom. The molecule has 2 aliphatic rings. The smallest absolute Gasteiger partial charge is 0.125 e. The van der Waals surface area contributed by atoms with Gasteiger partial charge in [0.05, 0.1) is 23.3 Å². The molecule has 0 unspecified atom stereocenters. The molecular formula is C90H70Ir4N12-4. The number of aromatic nitrogens is 12. The summed E-state index contributed by atoms with van der Waals surface area (Å²) in [5, 5.41) is 42.1. The molecule has 2 aliphatic carbocycles. The van der Waals surface area contributed by atoms with E-state index in [9.17, 15) is 0 Å². The molecule has 0 atom stereocenters. The van der Waals surface area contributed by atoms with E-state index in [2.05, 4.69) is 299 Å². The van der Waals surface area contributed by atoms with Crippen molar-refractivity contribution in [3.8, 4) is 90.6 Å². The third-order valence-electron chi connectivity index (χ3n) is 19.7. The second-order valence-corrected chi connectivity index (χ2v) is 26.8. The van der Waals surface area contributed by atoms with Gasteiger partial charge in [-0.3, -0.25) is 0 Å². The Labute approximate surface area is 671 Å². The van der Waals surface area contributed by atoms with Gasteiger partial charge in [-0.05, 0) is 103 Å². The van der Waals surface area contributed by atoms with Crippen molar-refractivity contribution in [3.05, 3.63) is 349 Å². The zero-order valence-electron chi connectivity index (χ0n) is 59.3. The van der Waals surface area contributed by atoms with Gasteiger partial charge in [-0.15, -0.1) is 137 Å². The third kappa shape index (κ3) is 14.2. The Morgan fingerprint density at radius 3 is 1.08 bits per heavy atom. The zero-order chi connectivity index (χ0) is 69.6. The van der Waals surface area contributed by atoms with Gasteiger partial charge >= 0.3 is 0 Å². The van der Waals surface area contributed by atoms with Gasteiger partial charge in [0, 0.05) is 109 Å². The molecule has 0 aliphatic heterocycles. The molecule has 12 nitrogen and oxygen atoms in total. The first-order valence-electron chi connectivity index (χ1n) is 34.3. The predicted molar refractivity (Wildman–Crippen MR) is 409 cm³/mol. The van der Waals surface area contributed by atoms with Crippen molar-refractivity contribution in [2.45, 2.75) is 66.2 Å². The van der Waals surface area contributed by atoms with Gasteiger partial charge in [0.1, 0.15) is 23.3 Å². The molecule has 106 heavy (non-hydrogen) atoms. The van der Waals surface area contributed by atoms with Crippen LogP contribution in [-0.4, -0.2) is 59.1 Å². The van der Waals surface area contributed by atoms with Crippen LogP contribution >= 0.6 is 0 Å². The van der Waals surface area contributed by atoms with Crippen LogP contribution in [0.5, 0.6) is 0 Å². The number of aryl methyl sites for hydroxylation is 4. The minimum absolute atomic E-state index is 0. The molecule has 4 aromatic heterocycles. The van der Waals surface area contributed by atoms with Crippen molar-refractivity contribution in [1.29, 1.82) is 0 Å². The standard InChI is InChI=1S/2C24H20N3.C23H16N3.C19H14N3.4Ir/c1-16-25-26-23(27(16)18-9-5-4-6-10-18)17-13-14-22-20(15-17)19-11-7-8-12-21(19)24(22,2)3;1-16-25-26-23(27(16)18-9-5-4-6-10-18)17-13-14-20-19-11-7-8-12-21(19)24(2,3)22(20)15-17;1-16-24-25-23(20-14-13-17-7-2-3-9-19(17)15-20)26(16)22-12-6-10-18-8-4-5-11-21(18)22;1-14-20-21-19(22(14)18-9-3-2-4-10-18)17-12-11-15-7-5-6-8-16(15)13-17;;;;/h2*4-12,14-15H,1-3H3;2-13,15H,1H3;2-11,13H,1H3;;;;/q4*-1;;;;.